The predicted octanol–water partition coefficient (Wildman–Crippen LogP) is 8.20. The van der Waals surface area contributed by atoms with Gasteiger partial charge in [0.25, 0.3) is 0 Å². The Morgan fingerprint density at radius 1 is 0.885 bits per heavy atom. The van der Waals surface area contributed by atoms with E-state index in [1.165, 1.54) is 23.4 Å². The molecule has 0 aromatic heterocycles. The van der Waals surface area contributed by atoms with Crippen molar-refractivity contribution in [1.82, 2.24) is 5.32 Å². The third-order valence-corrected chi connectivity index (χ3v) is 3.62. The van der Waals surface area contributed by atoms with Crippen molar-refractivity contribution in [3.05, 3.63) is 36.7 Å². The number of rotatable bonds is 3. The fourth-order valence-corrected chi connectivity index (χ4v) is 2.00. The molecule has 1 N–H and O–H groups in total. The highest BCUT2D eigenvalue weighted by Crippen LogP contribution is 2.23. The summed E-state index contributed by atoms with van der Waals surface area (Å²) in [6.07, 6.45) is 4.73. The second-order valence-corrected chi connectivity index (χ2v) is 5.10. The van der Waals surface area contributed by atoms with Gasteiger partial charge in [-0.3, -0.25) is 0 Å². The van der Waals surface area contributed by atoms with Gasteiger partial charge < -0.3 is 10.2 Å². The molecule has 0 atom stereocenters. The summed E-state index contributed by atoms with van der Waals surface area (Å²) >= 11 is 1.76. The monoisotopic (exact) mass is 384 g/mol. The predicted molar refractivity (Wildman–Crippen MR) is 129 cm³/mol. The number of benzene rings is 1. The minimum absolute atomic E-state index is 0.989. The van der Waals surface area contributed by atoms with Gasteiger partial charge in [-0.2, -0.15) is 0 Å². The Morgan fingerprint density at radius 2 is 1.31 bits per heavy atom. The van der Waals surface area contributed by atoms with Gasteiger partial charge in [-0.1, -0.05) is 88.7 Å². The molecule has 1 heterocycles. The van der Waals surface area contributed by atoms with Gasteiger partial charge in [0.1, 0.15) is 0 Å². The molecule has 3 heteroatoms. The lowest BCUT2D eigenvalue weighted by atomic mass is 10.3. The van der Waals surface area contributed by atoms with E-state index in [2.05, 4.69) is 61.2 Å². The van der Waals surface area contributed by atoms with Crippen LogP contribution in [0.2, 0.25) is 0 Å². The van der Waals surface area contributed by atoms with Crippen LogP contribution in [0, 0.1) is 0 Å². The topological polar surface area (TPSA) is 15.3 Å². The van der Waals surface area contributed by atoms with Crippen molar-refractivity contribution >= 4 is 17.4 Å². The summed E-state index contributed by atoms with van der Waals surface area (Å²) in [6, 6.07) is 8.57. The van der Waals surface area contributed by atoms with Crippen molar-refractivity contribution in [3.8, 4) is 0 Å². The average Bonchev–Trinajstić information content (AvgIpc) is 3.20. The maximum absolute atomic E-state index is 3.96. The molecule has 1 aromatic carbocycles. The van der Waals surface area contributed by atoms with Crippen LogP contribution in [-0.2, 0) is 0 Å². The Bertz CT molecular complexity index is 359. The van der Waals surface area contributed by atoms with E-state index in [1.54, 1.807) is 11.8 Å². The number of nitrogens with one attached hydrogen (secondary N) is 1. The highest BCUT2D eigenvalue weighted by Gasteiger charge is 2.15. The Morgan fingerprint density at radius 3 is 1.58 bits per heavy atom. The van der Waals surface area contributed by atoms with Crippen molar-refractivity contribution < 1.29 is 0 Å². The molecule has 0 bridgehead atoms. The van der Waals surface area contributed by atoms with Crippen molar-refractivity contribution in [2.75, 3.05) is 24.2 Å². The summed E-state index contributed by atoms with van der Waals surface area (Å²) in [5.41, 5.74) is 1.22. The lowest BCUT2D eigenvalue weighted by molar-refractivity contribution is 0.886. The molecule has 0 unspecified atom stereocenters. The molecule has 0 radical (unpaired) electrons. The second kappa shape index (κ2) is 28.7. The molecule has 156 valence electrons. The van der Waals surface area contributed by atoms with Gasteiger partial charge >= 0.3 is 0 Å². The zero-order chi connectivity index (χ0) is 21.4. The van der Waals surface area contributed by atoms with E-state index in [1.807, 2.05) is 55.4 Å². The first-order valence-corrected chi connectivity index (χ1v) is 11.8. The normalized spacial score (nSPS) is 10.6. The van der Waals surface area contributed by atoms with E-state index in [0.717, 1.165) is 18.9 Å². The van der Waals surface area contributed by atoms with Crippen molar-refractivity contribution in [3.63, 3.8) is 0 Å². The molecule has 0 amide bonds. The number of nitrogens with zero attached hydrogens (tertiary/aromatic N) is 1. The number of hydrogen-bond donors (Lipinski definition) is 1. The average molecular weight is 385 g/mol. The smallest absolute Gasteiger partial charge is 0.0985 e. The van der Waals surface area contributed by atoms with Crippen LogP contribution in [0.5, 0.6) is 0 Å². The van der Waals surface area contributed by atoms with E-state index >= 15 is 0 Å². The largest absolute Gasteiger partial charge is 0.370 e. The SMILES string of the molecule is C=C1NCCN1c1ccc(SC)cc1.CC.CC.CC.CC.CCCC. The Kier molecular flexibility index (Phi) is 36.0. The van der Waals surface area contributed by atoms with Gasteiger partial charge in [0.15, 0.2) is 0 Å². The van der Waals surface area contributed by atoms with Crippen LogP contribution in [0.15, 0.2) is 41.6 Å². The molecular weight excluding hydrogens is 336 g/mol. The number of unbranched alkanes of at least 4 members (excludes halogenated alkanes) is 1. The third kappa shape index (κ3) is 16.4. The Labute approximate surface area is 170 Å². The van der Waals surface area contributed by atoms with E-state index in [9.17, 15) is 0 Å². The fourth-order valence-electron chi connectivity index (χ4n) is 1.59. The first-order chi connectivity index (χ1) is 12.7. The first-order valence-electron chi connectivity index (χ1n) is 10.6. The number of thioether (sulfide) groups is 1. The van der Waals surface area contributed by atoms with Crippen LogP contribution in [0.25, 0.3) is 0 Å². The first kappa shape index (κ1) is 32.6. The molecular formula is C23H48N2S. The van der Waals surface area contributed by atoms with Crippen LogP contribution in [-0.4, -0.2) is 19.3 Å². The summed E-state index contributed by atoms with van der Waals surface area (Å²) in [6.45, 7) is 26.3. The van der Waals surface area contributed by atoms with Crippen molar-refractivity contribution in [2.24, 2.45) is 0 Å². The standard InChI is InChI=1S/C11H14N2S.C4H10.4C2H6/c1-9-12-7-8-13(9)10-3-5-11(14-2)6-4-10;1-3-4-2;4*1-2/h3-6,12H,1,7-8H2,2H3;3-4H2,1-2H3;4*1-2H3. The summed E-state index contributed by atoms with van der Waals surface area (Å²) in [5.74, 6) is 1.00. The van der Waals surface area contributed by atoms with Crippen LogP contribution >= 0.6 is 11.8 Å². The summed E-state index contributed by atoms with van der Waals surface area (Å²) < 4.78 is 0. The van der Waals surface area contributed by atoms with E-state index < -0.39 is 0 Å². The van der Waals surface area contributed by atoms with E-state index in [-0.39, 0.29) is 0 Å². The van der Waals surface area contributed by atoms with E-state index in [4.69, 9.17) is 0 Å². The van der Waals surface area contributed by atoms with Gasteiger partial charge in [-0.15, -0.1) is 11.8 Å². The number of hydrogen-bond acceptors (Lipinski definition) is 3. The quantitative estimate of drug-likeness (QED) is 0.528. The minimum Gasteiger partial charge on any atom is -0.370 e. The molecule has 1 saturated heterocycles. The summed E-state index contributed by atoms with van der Waals surface area (Å²) in [4.78, 5) is 3.50. The summed E-state index contributed by atoms with van der Waals surface area (Å²) in [7, 11) is 0. The molecule has 0 spiro atoms. The van der Waals surface area contributed by atoms with Crippen LogP contribution in [0.1, 0.15) is 82.1 Å². The van der Waals surface area contributed by atoms with Crippen LogP contribution in [0.3, 0.4) is 0 Å². The lowest BCUT2D eigenvalue weighted by Gasteiger charge is -2.17. The maximum Gasteiger partial charge on any atom is 0.0985 e. The van der Waals surface area contributed by atoms with Gasteiger partial charge in [-0.05, 0) is 30.5 Å². The molecule has 1 aliphatic rings. The molecule has 2 rings (SSSR count). The lowest BCUT2D eigenvalue weighted by Crippen LogP contribution is -2.17. The molecule has 1 aliphatic heterocycles. The zero-order valence-electron chi connectivity index (χ0n) is 19.7. The third-order valence-electron chi connectivity index (χ3n) is 2.87. The maximum atomic E-state index is 3.96. The molecule has 1 aromatic rings. The Hall–Kier alpha value is -1.09. The van der Waals surface area contributed by atoms with Crippen LogP contribution < -0.4 is 10.2 Å². The molecule has 1 fully saturated rings. The summed E-state index contributed by atoms with van der Waals surface area (Å²) in [5, 5.41) is 3.22. The number of anilines is 1. The fraction of sp³-hybridized carbons (Fsp3) is 0.652. The van der Waals surface area contributed by atoms with Crippen LogP contribution in [0.4, 0.5) is 5.69 Å². The molecule has 0 aliphatic carbocycles. The van der Waals surface area contributed by atoms with Gasteiger partial charge in [0, 0.05) is 23.7 Å². The molecule has 2 nitrogen and oxygen atoms in total. The minimum atomic E-state index is 0.989. The van der Waals surface area contributed by atoms with E-state index in [0.29, 0.717) is 0 Å². The van der Waals surface area contributed by atoms with Gasteiger partial charge in [-0.25, -0.2) is 0 Å². The highest BCUT2D eigenvalue weighted by atomic mass is 32.2. The zero-order valence-corrected chi connectivity index (χ0v) is 20.5. The van der Waals surface area contributed by atoms with Gasteiger partial charge in [0.2, 0.25) is 0 Å². The van der Waals surface area contributed by atoms with Crippen molar-refractivity contribution in [2.45, 2.75) is 87.0 Å². The highest BCUT2D eigenvalue weighted by molar-refractivity contribution is 7.98. The van der Waals surface area contributed by atoms with Gasteiger partial charge in [0.05, 0.1) is 5.82 Å². The van der Waals surface area contributed by atoms with Crippen molar-refractivity contribution in [1.29, 1.82) is 0 Å². The second-order valence-electron chi connectivity index (χ2n) is 4.22. The molecule has 26 heavy (non-hydrogen) atoms. The molecule has 0 saturated carbocycles. The Balaban J connectivity index is -0.000000171.